The maximum atomic E-state index is 12.8. The van der Waals surface area contributed by atoms with Crippen LogP contribution in [0.1, 0.15) is 16.1 Å². The van der Waals surface area contributed by atoms with Crippen LogP contribution in [0.15, 0.2) is 59.6 Å². The molecule has 4 rings (SSSR count). The maximum absolute atomic E-state index is 12.8. The van der Waals surface area contributed by atoms with Crippen molar-refractivity contribution in [1.82, 2.24) is 20.3 Å². The second kappa shape index (κ2) is 7.20. The zero-order chi connectivity index (χ0) is 18.8. The van der Waals surface area contributed by atoms with Crippen molar-refractivity contribution in [2.75, 3.05) is 12.0 Å². The number of pyridine rings is 1. The second-order valence-electron chi connectivity index (χ2n) is 5.96. The van der Waals surface area contributed by atoms with E-state index in [1.54, 1.807) is 18.0 Å². The summed E-state index contributed by atoms with van der Waals surface area (Å²) < 4.78 is 0. The molecule has 0 fully saturated rings. The topological polar surface area (TPSA) is 93.8 Å². The molecule has 2 heterocycles. The summed E-state index contributed by atoms with van der Waals surface area (Å²) in [5.74, 6) is -0.207. The highest BCUT2D eigenvalue weighted by Crippen LogP contribution is 2.27. The molecule has 7 heteroatoms. The number of anilines is 1. The highest BCUT2D eigenvalue weighted by Gasteiger charge is 2.16. The normalized spacial score (nSPS) is 11.0. The molecule has 134 valence electrons. The maximum Gasteiger partial charge on any atom is 0.271 e. The van der Waals surface area contributed by atoms with Gasteiger partial charge in [-0.25, -0.2) is 9.97 Å². The number of nitrogens with one attached hydrogen (secondary N) is 1. The fourth-order valence-corrected chi connectivity index (χ4v) is 3.61. The number of hydrogen-bond donors (Lipinski definition) is 2. The van der Waals surface area contributed by atoms with Crippen molar-refractivity contribution in [1.29, 1.82) is 0 Å². The van der Waals surface area contributed by atoms with Crippen LogP contribution in [0.3, 0.4) is 0 Å². The van der Waals surface area contributed by atoms with Gasteiger partial charge in [0.05, 0.1) is 11.0 Å². The minimum Gasteiger partial charge on any atom is -0.368 e. The average Bonchev–Trinajstić information content (AvgIpc) is 2.70. The van der Waals surface area contributed by atoms with E-state index >= 15 is 0 Å². The number of aromatic nitrogens is 3. The monoisotopic (exact) mass is 375 g/mol. The highest BCUT2D eigenvalue weighted by molar-refractivity contribution is 7.98. The third-order valence-electron chi connectivity index (χ3n) is 4.30. The summed E-state index contributed by atoms with van der Waals surface area (Å²) in [5.41, 5.74) is 8.63. The van der Waals surface area contributed by atoms with E-state index in [1.807, 2.05) is 54.8 Å². The van der Waals surface area contributed by atoms with Gasteiger partial charge in [-0.2, -0.15) is 0 Å². The first-order valence-electron chi connectivity index (χ1n) is 8.38. The molecule has 2 aromatic carbocycles. The van der Waals surface area contributed by atoms with E-state index in [9.17, 15) is 4.79 Å². The molecule has 0 spiro atoms. The number of para-hydroxylation sites is 2. The smallest absolute Gasteiger partial charge is 0.271 e. The summed E-state index contributed by atoms with van der Waals surface area (Å²) in [6.07, 6.45) is 3.70. The van der Waals surface area contributed by atoms with Gasteiger partial charge in [0.25, 0.3) is 5.91 Å². The molecular weight excluding hydrogens is 358 g/mol. The second-order valence-corrected chi connectivity index (χ2v) is 6.81. The van der Waals surface area contributed by atoms with E-state index < -0.39 is 0 Å². The van der Waals surface area contributed by atoms with Crippen molar-refractivity contribution in [3.05, 3.63) is 66.0 Å². The molecule has 4 aromatic rings. The van der Waals surface area contributed by atoms with Crippen molar-refractivity contribution < 1.29 is 4.79 Å². The minimum absolute atomic E-state index is 0.0842. The molecule has 0 aliphatic rings. The third-order valence-corrected chi connectivity index (χ3v) is 5.07. The molecule has 0 radical (unpaired) electrons. The number of nitrogens with two attached hydrogens (primary N) is 1. The number of thioether (sulfide) groups is 1. The van der Waals surface area contributed by atoms with E-state index in [4.69, 9.17) is 5.73 Å². The Balaban J connectivity index is 1.67. The lowest BCUT2D eigenvalue weighted by atomic mass is 10.1. The quantitative estimate of drug-likeness (QED) is 0.531. The summed E-state index contributed by atoms with van der Waals surface area (Å²) in [7, 11) is 0. The first-order valence-corrected chi connectivity index (χ1v) is 9.61. The van der Waals surface area contributed by atoms with Crippen LogP contribution in [0, 0.1) is 0 Å². The summed E-state index contributed by atoms with van der Waals surface area (Å²) in [6, 6.07) is 15.5. The molecule has 0 atom stereocenters. The van der Waals surface area contributed by atoms with Crippen molar-refractivity contribution in [3.63, 3.8) is 0 Å². The number of hydrogen-bond acceptors (Lipinski definition) is 6. The predicted molar refractivity (Wildman–Crippen MR) is 109 cm³/mol. The zero-order valence-corrected chi connectivity index (χ0v) is 15.5. The Morgan fingerprint density at radius 1 is 1.07 bits per heavy atom. The van der Waals surface area contributed by atoms with E-state index in [-0.39, 0.29) is 17.5 Å². The number of nitrogens with zero attached hydrogens (tertiary/aromatic N) is 3. The van der Waals surface area contributed by atoms with Gasteiger partial charge >= 0.3 is 0 Å². The molecule has 3 N–H and O–H groups in total. The van der Waals surface area contributed by atoms with E-state index in [2.05, 4.69) is 20.3 Å². The highest BCUT2D eigenvalue weighted by atomic mass is 32.2. The van der Waals surface area contributed by atoms with Gasteiger partial charge in [-0.1, -0.05) is 36.4 Å². The summed E-state index contributed by atoms with van der Waals surface area (Å²) in [6.45, 7) is 0.348. The number of fused-ring (bicyclic) bond motifs is 2. The van der Waals surface area contributed by atoms with Gasteiger partial charge in [0.1, 0.15) is 5.69 Å². The minimum atomic E-state index is -0.291. The van der Waals surface area contributed by atoms with Crippen LogP contribution in [0.4, 0.5) is 5.95 Å². The number of amides is 1. The fraction of sp³-hybridized carbons (Fsp3) is 0.100. The molecule has 0 aliphatic heterocycles. The Bertz CT molecular complexity index is 1160. The molecule has 0 saturated heterocycles. The van der Waals surface area contributed by atoms with E-state index in [1.165, 1.54) is 0 Å². The molecule has 6 nitrogen and oxygen atoms in total. The van der Waals surface area contributed by atoms with Crippen LogP contribution in [0.25, 0.3) is 21.8 Å². The number of rotatable bonds is 4. The number of nitrogen functional groups attached to an aromatic ring is 1. The zero-order valence-electron chi connectivity index (χ0n) is 14.6. The fourth-order valence-electron chi connectivity index (χ4n) is 3.05. The van der Waals surface area contributed by atoms with Gasteiger partial charge in [-0.3, -0.25) is 9.78 Å². The largest absolute Gasteiger partial charge is 0.368 e. The Labute approximate surface area is 160 Å². The lowest BCUT2D eigenvalue weighted by Gasteiger charge is -2.10. The van der Waals surface area contributed by atoms with E-state index in [0.717, 1.165) is 21.4 Å². The SMILES string of the molecule is CSc1cccc2c(C(=O)NCc3cccc4cccnc34)nc(N)nc12. The number of carbonyl (C=O) groups is 1. The molecule has 2 aromatic heterocycles. The molecule has 0 bridgehead atoms. The summed E-state index contributed by atoms with van der Waals surface area (Å²) in [4.78, 5) is 26.7. The summed E-state index contributed by atoms with van der Waals surface area (Å²) >= 11 is 1.55. The van der Waals surface area contributed by atoms with Gasteiger partial charge in [0.2, 0.25) is 5.95 Å². The molecule has 0 aliphatic carbocycles. The van der Waals surface area contributed by atoms with Gasteiger partial charge in [-0.15, -0.1) is 11.8 Å². The van der Waals surface area contributed by atoms with Crippen molar-refractivity contribution in [3.8, 4) is 0 Å². The van der Waals surface area contributed by atoms with Crippen LogP contribution in [0.5, 0.6) is 0 Å². The molecule has 1 amide bonds. The summed E-state index contributed by atoms with van der Waals surface area (Å²) in [5, 5.41) is 4.65. The van der Waals surface area contributed by atoms with Crippen molar-refractivity contribution in [2.45, 2.75) is 11.4 Å². The molecule has 0 saturated carbocycles. The van der Waals surface area contributed by atoms with Crippen molar-refractivity contribution >= 4 is 45.4 Å². The average molecular weight is 375 g/mol. The third kappa shape index (κ3) is 3.29. The number of carbonyl (C=O) groups excluding carboxylic acids is 1. The first kappa shape index (κ1) is 17.2. The Morgan fingerprint density at radius 3 is 2.74 bits per heavy atom. The number of benzene rings is 2. The lowest BCUT2D eigenvalue weighted by molar-refractivity contribution is 0.0948. The van der Waals surface area contributed by atoms with Gasteiger partial charge in [0, 0.05) is 28.4 Å². The van der Waals surface area contributed by atoms with Crippen LogP contribution < -0.4 is 11.1 Å². The van der Waals surface area contributed by atoms with Crippen LogP contribution in [-0.4, -0.2) is 27.1 Å². The van der Waals surface area contributed by atoms with Gasteiger partial charge < -0.3 is 11.1 Å². The lowest BCUT2D eigenvalue weighted by Crippen LogP contribution is -2.25. The predicted octanol–water partition coefficient (Wildman–Crippen LogP) is 3.41. The van der Waals surface area contributed by atoms with Crippen molar-refractivity contribution in [2.24, 2.45) is 0 Å². The Kier molecular flexibility index (Phi) is 4.60. The molecular formula is C20H17N5OS. The van der Waals surface area contributed by atoms with Gasteiger partial charge in [-0.05, 0) is 24.0 Å². The van der Waals surface area contributed by atoms with Crippen LogP contribution in [0.2, 0.25) is 0 Å². The van der Waals surface area contributed by atoms with E-state index in [0.29, 0.717) is 17.4 Å². The van der Waals surface area contributed by atoms with Gasteiger partial charge in [0.15, 0.2) is 0 Å². The van der Waals surface area contributed by atoms with Crippen LogP contribution in [-0.2, 0) is 6.54 Å². The Hall–Kier alpha value is -3.19. The molecule has 0 unspecified atom stereocenters. The molecule has 27 heavy (non-hydrogen) atoms. The Morgan fingerprint density at radius 2 is 1.89 bits per heavy atom. The van der Waals surface area contributed by atoms with Crippen LogP contribution >= 0.6 is 11.8 Å². The standard InChI is InChI=1S/C20H17N5OS/c1-27-15-9-3-8-14-17(15)24-20(21)25-18(14)19(26)23-11-13-6-2-5-12-7-4-10-22-16(12)13/h2-10H,11H2,1H3,(H,23,26)(H2,21,24,25). The first-order chi connectivity index (χ1) is 13.2.